The minimum Gasteiger partial charge on any atom is -0.907 e. The molecule has 0 aromatic carbocycles. The van der Waals surface area contributed by atoms with E-state index in [4.69, 9.17) is 15.1 Å². The second-order valence-electron chi connectivity index (χ2n) is 35.2. The first-order chi connectivity index (χ1) is 52.2. The molecule has 0 aromatic rings. The van der Waals surface area contributed by atoms with Gasteiger partial charge in [0, 0.05) is 0 Å². The first-order valence-electron chi connectivity index (χ1n) is 50.6. The van der Waals surface area contributed by atoms with E-state index in [1.54, 1.807) is 14.7 Å². The van der Waals surface area contributed by atoms with E-state index in [1.807, 2.05) is 0 Å². The average molecular weight is 1500 g/mol. The van der Waals surface area contributed by atoms with Crippen molar-refractivity contribution in [3.63, 3.8) is 0 Å². The van der Waals surface area contributed by atoms with E-state index in [0.29, 0.717) is 0 Å². The molecule has 0 radical (unpaired) electrons. The number of unbranched alkanes of at least 4 members (excludes halogenated alkanes) is 78. The number of quaternary nitrogens is 3. The molecule has 642 valence electrons. The van der Waals surface area contributed by atoms with Gasteiger partial charge in [0.2, 0.25) is 0 Å². The van der Waals surface area contributed by atoms with Crippen molar-refractivity contribution in [2.45, 2.75) is 581 Å². The number of hydrogen-bond acceptors (Lipinski definition) is 3. The predicted octanol–water partition coefficient (Wildman–Crippen LogP) is 27.4. The smallest absolute Gasteiger partial charge is 0.0768 e. The molecule has 0 aromatic heterocycles. The summed E-state index contributed by atoms with van der Waals surface area (Å²) < 4.78 is 0. The molecule has 0 bridgehead atoms. The summed E-state index contributed by atoms with van der Waals surface area (Å²) >= 11 is 0. The van der Waals surface area contributed by atoms with Crippen LogP contribution in [0, 0.1) is 0 Å². The van der Waals surface area contributed by atoms with Gasteiger partial charge in [0.15, 0.2) is 0 Å². The summed E-state index contributed by atoms with van der Waals surface area (Å²) in [4.78, 5) is 5.33. The van der Waals surface area contributed by atoms with Crippen molar-refractivity contribution in [2.75, 3.05) is 60.4 Å². The Labute approximate surface area is 674 Å². The Balaban J connectivity index is -0.000000716. The molecular weight excluding hydrogens is 1290 g/mol. The molecule has 3 N–H and O–H groups in total. The van der Waals surface area contributed by atoms with Crippen molar-refractivity contribution in [3.05, 3.63) is 0 Å². The van der Waals surface area contributed by atoms with Crippen LogP contribution in [0.5, 0.6) is 0 Å². The topological polar surface area (TPSA) is 82.5 Å². The molecule has 0 rings (SSSR count). The quantitative estimate of drug-likeness (QED) is 0.0419. The summed E-state index contributed by atoms with van der Waals surface area (Å²) in [5, 5.41) is 25.2. The molecule has 0 fully saturated rings. The van der Waals surface area contributed by atoms with Crippen LogP contribution in [0.15, 0.2) is 0 Å². The van der Waals surface area contributed by atoms with Gasteiger partial charge in [-0.25, -0.2) is 0 Å². The number of rotatable bonds is 90. The molecule has 0 amide bonds. The third-order valence-electron chi connectivity index (χ3n) is 23.7. The molecule has 6 nitrogen and oxygen atoms in total. The first-order valence-corrected chi connectivity index (χ1v) is 50.6. The first kappa shape index (κ1) is 112. The fraction of sp³-hybridized carbons (Fsp3) is 1.00. The zero-order valence-corrected chi connectivity index (χ0v) is 75.9. The SMILES string of the molecule is CCCCCCCCCCCCCCCCCC[NH+](C)CCCCCCCCCCCCCC.CCCCCCCCCCCCCCCCCC[NH+](C)CCCCCCCCCCCCCC.CCCCCCCCCCCCCCCCCC[NH+](C)CCCCCCCCCCCCCC.[O-]B([O-])[O-]. The van der Waals surface area contributed by atoms with Crippen LogP contribution in [0.4, 0.5) is 0 Å². The van der Waals surface area contributed by atoms with Gasteiger partial charge in [-0.15, -0.1) is 0 Å². The summed E-state index contributed by atoms with van der Waals surface area (Å²) in [6.45, 7) is 22.2. The van der Waals surface area contributed by atoms with E-state index in [2.05, 4.69) is 62.7 Å². The number of hydrogen-bond donors (Lipinski definition) is 3. The average Bonchev–Trinajstić information content (AvgIpc) is 1.86. The van der Waals surface area contributed by atoms with Crippen molar-refractivity contribution in [1.82, 2.24) is 0 Å². The van der Waals surface area contributed by atoms with Crippen LogP contribution in [0.3, 0.4) is 0 Å². The van der Waals surface area contributed by atoms with E-state index < -0.39 is 7.32 Å². The van der Waals surface area contributed by atoms with E-state index in [0.717, 1.165) is 0 Å². The highest BCUT2D eigenvalue weighted by molar-refractivity contribution is 6.24. The van der Waals surface area contributed by atoms with Gasteiger partial charge in [-0.3, -0.25) is 7.32 Å². The summed E-state index contributed by atoms with van der Waals surface area (Å²) in [5.41, 5.74) is 0. The maximum absolute atomic E-state index is 8.42. The lowest BCUT2D eigenvalue weighted by molar-refractivity contribution is -0.880. The third-order valence-corrected chi connectivity index (χ3v) is 23.7. The summed E-state index contributed by atoms with van der Waals surface area (Å²) in [6.07, 6.45) is 123. The van der Waals surface area contributed by atoms with Gasteiger partial charge < -0.3 is 29.8 Å². The molecule has 0 heterocycles. The van der Waals surface area contributed by atoms with Crippen LogP contribution in [-0.4, -0.2) is 67.7 Å². The van der Waals surface area contributed by atoms with Crippen molar-refractivity contribution in [1.29, 1.82) is 0 Å². The van der Waals surface area contributed by atoms with E-state index in [9.17, 15) is 0 Å². The zero-order chi connectivity index (χ0) is 77.9. The van der Waals surface area contributed by atoms with Gasteiger partial charge >= 0.3 is 0 Å². The Morgan fingerprint density at radius 1 is 0.123 bits per heavy atom. The summed E-state index contributed by atoms with van der Waals surface area (Å²) in [6, 6.07) is 0. The van der Waals surface area contributed by atoms with E-state index in [1.165, 1.54) is 579 Å². The highest BCUT2D eigenvalue weighted by atomic mass is 16.5. The molecule has 0 aliphatic heterocycles. The van der Waals surface area contributed by atoms with Crippen molar-refractivity contribution in [2.24, 2.45) is 0 Å². The van der Waals surface area contributed by atoms with E-state index >= 15 is 0 Å². The Morgan fingerprint density at radius 3 is 0.245 bits per heavy atom. The molecule has 0 saturated heterocycles. The fourth-order valence-corrected chi connectivity index (χ4v) is 16.1. The van der Waals surface area contributed by atoms with Gasteiger partial charge in [-0.05, 0) is 77.0 Å². The van der Waals surface area contributed by atoms with Crippen molar-refractivity contribution in [3.8, 4) is 0 Å². The van der Waals surface area contributed by atoms with Crippen LogP contribution in [0.25, 0.3) is 0 Å². The highest BCUT2D eigenvalue weighted by Gasteiger charge is 2.07. The molecule has 3 atom stereocenters. The van der Waals surface area contributed by atoms with E-state index in [-0.39, 0.29) is 0 Å². The molecule has 3 unspecified atom stereocenters. The molecular formula is C99H210BN3O3. The van der Waals surface area contributed by atoms with Crippen LogP contribution >= 0.6 is 0 Å². The second kappa shape index (κ2) is 109. The Bertz CT molecular complexity index is 1250. The molecule has 0 aliphatic carbocycles. The monoisotopic (exact) mass is 1500 g/mol. The molecule has 0 aliphatic rings. The molecule has 7 heteroatoms. The van der Waals surface area contributed by atoms with Gasteiger partial charge in [-0.1, -0.05) is 504 Å². The number of nitrogens with one attached hydrogen (secondary N) is 3. The van der Waals surface area contributed by atoms with Gasteiger partial charge in [-0.2, -0.15) is 0 Å². The zero-order valence-electron chi connectivity index (χ0n) is 75.9. The lowest BCUT2D eigenvalue weighted by Gasteiger charge is -2.35. The Hall–Kier alpha value is -0.175. The lowest BCUT2D eigenvalue weighted by atomic mass is 10.0. The Kier molecular flexibility index (Phi) is 115. The van der Waals surface area contributed by atoms with Crippen molar-refractivity contribution >= 4 is 7.32 Å². The van der Waals surface area contributed by atoms with Gasteiger partial charge in [0.05, 0.1) is 60.4 Å². The minimum absolute atomic E-state index is 1.37. The standard InChI is InChI=1S/3C33H69N.BO3/c3*1-4-6-8-10-12-14-16-18-19-20-21-23-25-27-29-31-33-34(3)32-30-28-26-24-22-17-15-13-11-9-7-5-2;2-1(3)4/h3*4-33H2,1-3H3;/q;;;-3/p+3. The largest absolute Gasteiger partial charge is 0.907 e. The lowest BCUT2D eigenvalue weighted by Crippen LogP contribution is -3.09. The summed E-state index contributed by atoms with van der Waals surface area (Å²) in [5.74, 6) is 0. The maximum atomic E-state index is 8.42. The van der Waals surface area contributed by atoms with Gasteiger partial charge in [0.25, 0.3) is 0 Å². The molecule has 106 heavy (non-hydrogen) atoms. The van der Waals surface area contributed by atoms with Crippen molar-refractivity contribution < 1.29 is 29.8 Å². The Morgan fingerprint density at radius 2 is 0.179 bits per heavy atom. The van der Waals surface area contributed by atoms with Crippen LogP contribution in [-0.2, 0) is 0 Å². The van der Waals surface area contributed by atoms with Crippen LogP contribution in [0.1, 0.15) is 581 Å². The second-order valence-corrected chi connectivity index (χ2v) is 35.2. The maximum Gasteiger partial charge on any atom is 0.0768 e. The minimum atomic E-state index is -2.92. The molecule has 0 saturated carbocycles. The normalized spacial score (nSPS) is 12.2. The van der Waals surface area contributed by atoms with Gasteiger partial charge in [0.1, 0.15) is 0 Å². The summed E-state index contributed by atoms with van der Waals surface area (Å²) in [7, 11) is 4.34. The highest BCUT2D eigenvalue weighted by Crippen LogP contribution is 2.20. The van der Waals surface area contributed by atoms with Crippen LogP contribution < -0.4 is 29.8 Å². The predicted molar refractivity (Wildman–Crippen MR) is 477 cm³/mol. The fourth-order valence-electron chi connectivity index (χ4n) is 16.1. The third kappa shape index (κ3) is 120. The molecule has 0 spiro atoms. The van der Waals surface area contributed by atoms with Crippen LogP contribution in [0.2, 0.25) is 0 Å².